The number of carbonyl (C=O) groups excluding carboxylic acids is 1. The molecule has 4 rings (SSSR count). The molecular weight excluding hydrogens is 286 g/mol. The Hall–Kier alpha value is -2.88. The Kier molecular flexibility index (Phi) is 3.23. The number of hydrogen-bond donors (Lipinski definition) is 0. The summed E-state index contributed by atoms with van der Waals surface area (Å²) < 4.78 is 3.85. The summed E-state index contributed by atoms with van der Waals surface area (Å²) >= 11 is 0. The van der Waals surface area contributed by atoms with Gasteiger partial charge >= 0.3 is 0 Å². The van der Waals surface area contributed by atoms with Crippen LogP contribution in [0.4, 0.5) is 0 Å². The lowest BCUT2D eigenvalue weighted by Gasteiger charge is -2.07. The van der Waals surface area contributed by atoms with Gasteiger partial charge in [0, 0.05) is 24.7 Å². The number of hydrogen-bond acceptors (Lipinski definition) is 2. The Labute approximate surface area is 134 Å². The molecule has 4 heteroatoms. The van der Waals surface area contributed by atoms with Gasteiger partial charge in [0.05, 0.1) is 11.0 Å². The van der Waals surface area contributed by atoms with Crippen molar-refractivity contribution in [3.05, 3.63) is 66.6 Å². The largest absolute Gasteiger partial charge is 0.347 e. The van der Waals surface area contributed by atoms with E-state index in [1.54, 1.807) is 4.57 Å². The fourth-order valence-electron chi connectivity index (χ4n) is 3.12. The van der Waals surface area contributed by atoms with Crippen LogP contribution in [0.1, 0.15) is 17.0 Å². The molecule has 0 spiro atoms. The molecule has 0 atom stereocenters. The summed E-state index contributed by atoms with van der Waals surface area (Å²) in [5.41, 5.74) is 2.91. The van der Waals surface area contributed by atoms with Crippen LogP contribution < -0.4 is 0 Å². The zero-order valence-corrected chi connectivity index (χ0v) is 12.9. The number of benzene rings is 2. The highest BCUT2D eigenvalue weighted by Crippen LogP contribution is 2.18. The normalized spacial score (nSPS) is 11.3. The first-order valence-electron chi connectivity index (χ1n) is 7.75. The highest BCUT2D eigenvalue weighted by molar-refractivity contribution is 5.91. The summed E-state index contributed by atoms with van der Waals surface area (Å²) in [5, 5.41) is 1.20. The monoisotopic (exact) mass is 303 g/mol. The van der Waals surface area contributed by atoms with Crippen LogP contribution in [0, 0.1) is 6.92 Å². The maximum Gasteiger partial charge on any atom is 0.234 e. The van der Waals surface area contributed by atoms with Gasteiger partial charge in [-0.25, -0.2) is 4.98 Å². The molecule has 0 saturated heterocycles. The Morgan fingerprint density at radius 2 is 1.74 bits per heavy atom. The molecule has 23 heavy (non-hydrogen) atoms. The molecule has 4 nitrogen and oxygen atoms in total. The van der Waals surface area contributed by atoms with Crippen LogP contribution in [0.5, 0.6) is 0 Å². The minimum Gasteiger partial charge on any atom is -0.347 e. The van der Waals surface area contributed by atoms with E-state index >= 15 is 0 Å². The Bertz CT molecular complexity index is 1010. The summed E-state index contributed by atoms with van der Waals surface area (Å²) in [5.74, 6) is 0.822. The third-order valence-corrected chi connectivity index (χ3v) is 4.22. The van der Waals surface area contributed by atoms with Gasteiger partial charge in [0.15, 0.2) is 0 Å². The first-order valence-corrected chi connectivity index (χ1v) is 7.75. The molecule has 0 bridgehead atoms. The van der Waals surface area contributed by atoms with E-state index < -0.39 is 0 Å². The van der Waals surface area contributed by atoms with Crippen LogP contribution in [-0.4, -0.2) is 20.0 Å². The molecule has 114 valence electrons. The van der Waals surface area contributed by atoms with Crippen molar-refractivity contribution in [2.45, 2.75) is 19.9 Å². The number of para-hydroxylation sites is 3. The van der Waals surface area contributed by atoms with E-state index in [4.69, 9.17) is 0 Å². The first kappa shape index (κ1) is 13.8. The van der Waals surface area contributed by atoms with Crippen molar-refractivity contribution in [1.82, 2.24) is 14.1 Å². The van der Waals surface area contributed by atoms with Crippen LogP contribution in [-0.2, 0) is 6.54 Å². The summed E-state index contributed by atoms with van der Waals surface area (Å²) in [7, 11) is 0. The van der Waals surface area contributed by atoms with Crippen molar-refractivity contribution in [3.8, 4) is 0 Å². The van der Waals surface area contributed by atoms with Gasteiger partial charge < -0.3 is 4.57 Å². The fourth-order valence-corrected chi connectivity index (χ4v) is 3.12. The molecule has 0 aliphatic heterocycles. The third-order valence-electron chi connectivity index (χ3n) is 4.22. The highest BCUT2D eigenvalue weighted by Gasteiger charge is 2.14. The molecule has 2 aromatic heterocycles. The van der Waals surface area contributed by atoms with Crippen LogP contribution >= 0.6 is 0 Å². The number of aryl methyl sites for hydroxylation is 2. The van der Waals surface area contributed by atoms with Crippen LogP contribution in [0.15, 0.2) is 60.8 Å². The van der Waals surface area contributed by atoms with Gasteiger partial charge in [-0.15, -0.1) is 0 Å². The average molecular weight is 303 g/mol. The van der Waals surface area contributed by atoms with Crippen molar-refractivity contribution >= 4 is 27.8 Å². The summed E-state index contributed by atoms with van der Waals surface area (Å²) in [6.45, 7) is 2.54. The average Bonchev–Trinajstić information content (AvgIpc) is 3.12. The minimum absolute atomic E-state index is 0.0778. The maximum atomic E-state index is 12.7. The summed E-state index contributed by atoms with van der Waals surface area (Å²) in [6.07, 6.45) is 2.48. The van der Waals surface area contributed by atoms with Gasteiger partial charge in [-0.2, -0.15) is 0 Å². The van der Waals surface area contributed by atoms with Crippen LogP contribution in [0.25, 0.3) is 21.9 Å². The predicted octanol–water partition coefficient (Wildman–Crippen LogP) is 4.03. The summed E-state index contributed by atoms with van der Waals surface area (Å²) in [6, 6.07) is 18.1. The molecule has 0 radical (unpaired) electrons. The van der Waals surface area contributed by atoms with E-state index in [9.17, 15) is 4.79 Å². The molecule has 2 heterocycles. The van der Waals surface area contributed by atoms with E-state index in [1.165, 1.54) is 5.39 Å². The molecule has 0 aliphatic carbocycles. The lowest BCUT2D eigenvalue weighted by molar-refractivity contribution is 0.0900. The smallest absolute Gasteiger partial charge is 0.234 e. The van der Waals surface area contributed by atoms with Gasteiger partial charge in [-0.1, -0.05) is 30.3 Å². The number of rotatable bonds is 3. The number of carbonyl (C=O) groups is 1. The van der Waals surface area contributed by atoms with Crippen molar-refractivity contribution in [3.63, 3.8) is 0 Å². The Balaban J connectivity index is 1.61. The Morgan fingerprint density at radius 1 is 1.00 bits per heavy atom. The van der Waals surface area contributed by atoms with Crippen molar-refractivity contribution in [1.29, 1.82) is 0 Å². The van der Waals surface area contributed by atoms with Gasteiger partial charge in [-0.3, -0.25) is 9.36 Å². The van der Waals surface area contributed by atoms with Crippen LogP contribution in [0.2, 0.25) is 0 Å². The third kappa shape index (κ3) is 2.32. The topological polar surface area (TPSA) is 39.8 Å². The van der Waals surface area contributed by atoms with Crippen molar-refractivity contribution in [2.24, 2.45) is 0 Å². The molecule has 4 aromatic rings. The number of aromatic nitrogens is 3. The zero-order chi connectivity index (χ0) is 15.8. The first-order chi connectivity index (χ1) is 11.2. The predicted molar refractivity (Wildman–Crippen MR) is 91.7 cm³/mol. The number of fused-ring (bicyclic) bond motifs is 2. The molecule has 2 aromatic carbocycles. The van der Waals surface area contributed by atoms with Gasteiger partial charge in [0.2, 0.25) is 5.91 Å². The number of nitrogens with zero attached hydrogens (tertiary/aromatic N) is 3. The van der Waals surface area contributed by atoms with E-state index in [-0.39, 0.29) is 5.91 Å². The van der Waals surface area contributed by atoms with E-state index in [1.807, 2.05) is 49.5 Å². The second-order valence-corrected chi connectivity index (χ2v) is 5.69. The number of imidazole rings is 1. The lowest BCUT2D eigenvalue weighted by Crippen LogP contribution is -2.14. The molecule has 0 aliphatic rings. The molecule has 0 unspecified atom stereocenters. The minimum atomic E-state index is 0.0778. The van der Waals surface area contributed by atoms with Crippen molar-refractivity contribution in [2.75, 3.05) is 0 Å². The standard InChI is InChI=1S/C19H17N3O/c1-14-20-16-7-3-5-9-18(16)22(14)19(23)11-13-21-12-10-15-6-2-4-8-17(15)21/h2-10,12H,11,13H2,1H3. The quantitative estimate of drug-likeness (QED) is 0.573. The molecular formula is C19H17N3O. The van der Waals surface area contributed by atoms with Gasteiger partial charge in [0.25, 0.3) is 0 Å². The fraction of sp³-hybridized carbons (Fsp3) is 0.158. The molecule has 0 N–H and O–H groups in total. The molecule has 0 fully saturated rings. The SMILES string of the molecule is Cc1nc2ccccc2n1C(=O)CCn1ccc2ccccc21. The second kappa shape index (κ2) is 5.39. The van der Waals surface area contributed by atoms with E-state index in [0.29, 0.717) is 13.0 Å². The van der Waals surface area contributed by atoms with Crippen molar-refractivity contribution < 1.29 is 4.79 Å². The van der Waals surface area contributed by atoms with Crippen LogP contribution in [0.3, 0.4) is 0 Å². The Morgan fingerprint density at radius 3 is 2.61 bits per heavy atom. The zero-order valence-electron chi connectivity index (χ0n) is 12.9. The molecule has 0 saturated carbocycles. The molecule has 0 amide bonds. The lowest BCUT2D eigenvalue weighted by atomic mass is 10.2. The highest BCUT2D eigenvalue weighted by atomic mass is 16.2. The maximum absolute atomic E-state index is 12.7. The second-order valence-electron chi connectivity index (χ2n) is 5.69. The summed E-state index contributed by atoms with van der Waals surface area (Å²) in [4.78, 5) is 17.1. The van der Waals surface area contributed by atoms with E-state index in [0.717, 1.165) is 22.4 Å². The van der Waals surface area contributed by atoms with Gasteiger partial charge in [0.1, 0.15) is 5.82 Å². The van der Waals surface area contributed by atoms with E-state index in [2.05, 4.69) is 27.8 Å². The van der Waals surface area contributed by atoms with Gasteiger partial charge in [-0.05, 0) is 36.6 Å².